The molecular formula is C24H32. The molecule has 1 atom stereocenters. The van der Waals surface area contributed by atoms with E-state index in [1.165, 1.54) is 35.1 Å². The molecule has 2 aromatic rings. The number of benzene rings is 2. The fraction of sp³-hybridized carbons (Fsp3) is 0.333. The van der Waals surface area contributed by atoms with Crippen molar-refractivity contribution in [2.45, 2.75) is 53.4 Å². The third-order valence-electron chi connectivity index (χ3n) is 4.25. The molecule has 0 aliphatic heterocycles. The summed E-state index contributed by atoms with van der Waals surface area (Å²) < 4.78 is 0. The number of rotatable bonds is 2. The van der Waals surface area contributed by atoms with Gasteiger partial charge in [0, 0.05) is 0 Å². The van der Waals surface area contributed by atoms with E-state index in [-0.39, 0.29) is 7.43 Å². The second kappa shape index (κ2) is 10.6. The summed E-state index contributed by atoms with van der Waals surface area (Å²) in [6.45, 7) is 6.19. The quantitative estimate of drug-likeness (QED) is 0.529. The van der Waals surface area contributed by atoms with E-state index in [4.69, 9.17) is 0 Å². The first-order valence-corrected chi connectivity index (χ1v) is 8.81. The van der Waals surface area contributed by atoms with Crippen molar-refractivity contribution in [3.05, 3.63) is 84.0 Å². The van der Waals surface area contributed by atoms with E-state index in [2.05, 4.69) is 79.7 Å². The molecule has 0 bridgehead atoms. The van der Waals surface area contributed by atoms with Crippen LogP contribution in [0, 0.1) is 0 Å². The van der Waals surface area contributed by atoms with E-state index >= 15 is 0 Å². The Morgan fingerprint density at radius 1 is 0.875 bits per heavy atom. The second-order valence-electron chi connectivity index (χ2n) is 5.85. The summed E-state index contributed by atoms with van der Waals surface area (Å²) in [4.78, 5) is 0. The third-order valence-corrected chi connectivity index (χ3v) is 4.25. The molecule has 1 aliphatic carbocycles. The Morgan fingerprint density at radius 3 is 2.33 bits per heavy atom. The fourth-order valence-electron chi connectivity index (χ4n) is 2.99. The van der Waals surface area contributed by atoms with Crippen molar-refractivity contribution < 1.29 is 0 Å². The molecule has 24 heavy (non-hydrogen) atoms. The van der Waals surface area contributed by atoms with Crippen LogP contribution in [0.15, 0.2) is 78.4 Å². The lowest BCUT2D eigenvalue weighted by molar-refractivity contribution is 0.636. The van der Waals surface area contributed by atoms with Gasteiger partial charge in [0.25, 0.3) is 0 Å². The van der Waals surface area contributed by atoms with E-state index in [0.717, 1.165) is 6.42 Å². The van der Waals surface area contributed by atoms with Gasteiger partial charge in [-0.2, -0.15) is 0 Å². The molecule has 0 spiro atoms. The van der Waals surface area contributed by atoms with Crippen molar-refractivity contribution in [1.29, 1.82) is 0 Å². The molecule has 1 unspecified atom stereocenters. The number of allylic oxidation sites excluding steroid dienone is 4. The van der Waals surface area contributed by atoms with Gasteiger partial charge in [-0.15, -0.1) is 0 Å². The van der Waals surface area contributed by atoms with Crippen molar-refractivity contribution in [3.63, 3.8) is 0 Å². The van der Waals surface area contributed by atoms with Gasteiger partial charge < -0.3 is 0 Å². The van der Waals surface area contributed by atoms with Crippen molar-refractivity contribution >= 4 is 0 Å². The minimum absolute atomic E-state index is 0. The highest BCUT2D eigenvalue weighted by atomic mass is 14.2. The predicted octanol–water partition coefficient (Wildman–Crippen LogP) is 7.79. The highest BCUT2D eigenvalue weighted by molar-refractivity contribution is 5.64. The lowest BCUT2D eigenvalue weighted by Gasteiger charge is -2.18. The van der Waals surface area contributed by atoms with Crippen molar-refractivity contribution in [1.82, 2.24) is 0 Å². The largest absolute Gasteiger partial charge is 0.0843 e. The van der Waals surface area contributed by atoms with E-state index in [1.54, 1.807) is 0 Å². The van der Waals surface area contributed by atoms with Gasteiger partial charge in [0.2, 0.25) is 0 Å². The average Bonchev–Trinajstić information content (AvgIpc) is 2.61. The summed E-state index contributed by atoms with van der Waals surface area (Å²) in [7, 11) is 0. The molecule has 2 aromatic carbocycles. The van der Waals surface area contributed by atoms with Crippen molar-refractivity contribution in [2.75, 3.05) is 0 Å². The summed E-state index contributed by atoms with van der Waals surface area (Å²) >= 11 is 0. The van der Waals surface area contributed by atoms with Crippen LogP contribution in [0.3, 0.4) is 0 Å². The molecule has 0 nitrogen and oxygen atoms in total. The Morgan fingerprint density at radius 2 is 1.58 bits per heavy atom. The van der Waals surface area contributed by atoms with Crippen LogP contribution in [0.25, 0.3) is 11.1 Å². The topological polar surface area (TPSA) is 0 Å². The van der Waals surface area contributed by atoms with Crippen LogP contribution in [0.4, 0.5) is 0 Å². The third kappa shape index (κ3) is 5.53. The normalized spacial score (nSPS) is 20.1. The zero-order valence-electron chi connectivity index (χ0n) is 14.6. The van der Waals surface area contributed by atoms with Crippen molar-refractivity contribution in [3.8, 4) is 11.1 Å². The molecule has 128 valence electrons. The molecule has 0 fully saturated rings. The summed E-state index contributed by atoms with van der Waals surface area (Å²) in [5.74, 6) is 0.633. The van der Waals surface area contributed by atoms with Gasteiger partial charge in [0.15, 0.2) is 0 Å². The van der Waals surface area contributed by atoms with E-state index in [1.807, 2.05) is 13.8 Å². The molecule has 0 amide bonds. The van der Waals surface area contributed by atoms with Crippen LogP contribution in [0.1, 0.15) is 58.9 Å². The van der Waals surface area contributed by atoms with E-state index < -0.39 is 0 Å². The Balaban J connectivity index is 0.000000925. The van der Waals surface area contributed by atoms with Crippen LogP contribution >= 0.6 is 0 Å². The Hall–Kier alpha value is -2.08. The van der Waals surface area contributed by atoms with Crippen LogP contribution in [-0.4, -0.2) is 0 Å². The number of hydrogen-bond donors (Lipinski definition) is 0. The first-order valence-electron chi connectivity index (χ1n) is 8.81. The van der Waals surface area contributed by atoms with Gasteiger partial charge in [-0.25, -0.2) is 0 Å². The predicted molar refractivity (Wildman–Crippen MR) is 109 cm³/mol. The maximum Gasteiger partial charge on any atom is -0.0124 e. The molecule has 1 aliphatic rings. The summed E-state index contributed by atoms with van der Waals surface area (Å²) in [6, 6.07) is 19.7. The Bertz CT molecular complexity index is 647. The molecule has 0 saturated heterocycles. The molecule has 0 radical (unpaired) electrons. The van der Waals surface area contributed by atoms with Gasteiger partial charge >= 0.3 is 0 Å². The zero-order chi connectivity index (χ0) is 16.5. The van der Waals surface area contributed by atoms with Crippen LogP contribution in [-0.2, 0) is 0 Å². The van der Waals surface area contributed by atoms with Gasteiger partial charge in [-0.1, -0.05) is 99.7 Å². The molecule has 0 heteroatoms. The van der Waals surface area contributed by atoms with Gasteiger partial charge in [0.05, 0.1) is 0 Å². The molecule has 3 rings (SSSR count). The fourth-order valence-corrected chi connectivity index (χ4v) is 2.99. The summed E-state index contributed by atoms with van der Waals surface area (Å²) in [6.07, 6.45) is 10.5. The Kier molecular flexibility index (Phi) is 8.86. The molecule has 0 aromatic heterocycles. The standard InChI is InChI=1S/C21H22.C2H6.CH4/c1-17-8-5-6-11-19(15-14-17)21-13-7-12-20(16-21)18-9-3-2-4-10-18;1-2;/h2-5,7-10,12-14,16,19H,6,11,15H2,1H3;1-2H3;1H4/b8-5-,17-14-;;. The highest BCUT2D eigenvalue weighted by Gasteiger charge is 2.11. The summed E-state index contributed by atoms with van der Waals surface area (Å²) in [5.41, 5.74) is 5.48. The molecule has 0 saturated carbocycles. The molecule has 0 N–H and O–H groups in total. The zero-order valence-corrected chi connectivity index (χ0v) is 14.6. The smallest absolute Gasteiger partial charge is 0.0124 e. The monoisotopic (exact) mass is 320 g/mol. The minimum Gasteiger partial charge on any atom is -0.0843 e. The lowest BCUT2D eigenvalue weighted by Crippen LogP contribution is -1.99. The van der Waals surface area contributed by atoms with Gasteiger partial charge in [-0.05, 0) is 48.8 Å². The Labute approximate surface area is 148 Å². The maximum absolute atomic E-state index is 2.37. The maximum atomic E-state index is 2.37. The SMILES string of the molecule is C.CC.CC1=C/CC(c2cccc(-c3ccccc3)c2)CC/C=C\1. The van der Waals surface area contributed by atoms with E-state index in [0.29, 0.717) is 5.92 Å². The van der Waals surface area contributed by atoms with Crippen LogP contribution in [0.5, 0.6) is 0 Å². The van der Waals surface area contributed by atoms with Gasteiger partial charge in [0.1, 0.15) is 0 Å². The van der Waals surface area contributed by atoms with Gasteiger partial charge in [-0.3, -0.25) is 0 Å². The average molecular weight is 321 g/mol. The summed E-state index contributed by atoms with van der Waals surface area (Å²) in [5, 5.41) is 0. The minimum atomic E-state index is 0. The highest BCUT2D eigenvalue weighted by Crippen LogP contribution is 2.30. The first-order chi connectivity index (χ1) is 11.3. The lowest BCUT2D eigenvalue weighted by atomic mass is 9.87. The van der Waals surface area contributed by atoms with Crippen LogP contribution < -0.4 is 0 Å². The van der Waals surface area contributed by atoms with E-state index in [9.17, 15) is 0 Å². The second-order valence-corrected chi connectivity index (χ2v) is 5.85. The van der Waals surface area contributed by atoms with Crippen molar-refractivity contribution in [2.24, 2.45) is 0 Å². The molecular weight excluding hydrogens is 288 g/mol. The number of hydrogen-bond acceptors (Lipinski definition) is 0. The molecule has 0 heterocycles. The first kappa shape index (κ1) is 20.0. The van der Waals surface area contributed by atoms with Crippen LogP contribution in [0.2, 0.25) is 0 Å².